The second-order valence-corrected chi connectivity index (χ2v) is 8.24. The maximum atomic E-state index is 12.0. The van der Waals surface area contributed by atoms with Crippen molar-refractivity contribution >= 4 is 26.6 Å². The van der Waals surface area contributed by atoms with Crippen LogP contribution in [-0.4, -0.2) is 41.0 Å². The van der Waals surface area contributed by atoms with E-state index < -0.39 is 32.5 Å². The van der Waals surface area contributed by atoms with Gasteiger partial charge in [-0.05, 0) is 24.3 Å². The zero-order valence-corrected chi connectivity index (χ0v) is 13.0. The van der Waals surface area contributed by atoms with Crippen molar-refractivity contribution in [2.45, 2.75) is 11.8 Å². The topological polar surface area (TPSA) is 112 Å². The van der Waals surface area contributed by atoms with Gasteiger partial charge in [0.05, 0.1) is 28.2 Å². The molecule has 0 saturated carbocycles. The van der Waals surface area contributed by atoms with Crippen LogP contribution in [0.3, 0.4) is 0 Å². The van der Waals surface area contributed by atoms with Gasteiger partial charge in [0, 0.05) is 22.3 Å². The van der Waals surface area contributed by atoms with Crippen molar-refractivity contribution in [3.63, 3.8) is 0 Å². The van der Waals surface area contributed by atoms with E-state index in [0.717, 1.165) is 0 Å². The molecule has 1 aromatic rings. The monoisotopic (exact) mass is 329 g/mol. The van der Waals surface area contributed by atoms with Crippen molar-refractivity contribution in [2.75, 3.05) is 17.3 Å². The fraction of sp³-hybridized carbons (Fsp3) is 0.385. The van der Waals surface area contributed by atoms with Gasteiger partial charge in [-0.2, -0.15) is 5.26 Å². The lowest BCUT2D eigenvalue weighted by molar-refractivity contribution is -0.140. The highest BCUT2D eigenvalue weighted by atomic mass is 32.2. The summed E-state index contributed by atoms with van der Waals surface area (Å²) in [7, 11) is -5.10. The molecular weight excluding hydrogens is 314 g/mol. The molecule has 8 heteroatoms. The van der Waals surface area contributed by atoms with Crippen LogP contribution in [0.25, 0.3) is 0 Å². The summed E-state index contributed by atoms with van der Waals surface area (Å²) in [4.78, 5) is 10.7. The van der Waals surface area contributed by atoms with Gasteiger partial charge < -0.3 is 5.11 Å². The Bertz CT molecular complexity index is 674. The summed E-state index contributed by atoms with van der Waals surface area (Å²) in [5, 5.41) is 17.4. The highest BCUT2D eigenvalue weighted by molar-refractivity contribution is 7.93. The van der Waals surface area contributed by atoms with E-state index in [4.69, 9.17) is 10.4 Å². The number of benzene rings is 1. The van der Waals surface area contributed by atoms with Crippen LogP contribution >= 0.6 is 0 Å². The minimum absolute atomic E-state index is 0.0600. The number of rotatable bonds is 7. The van der Waals surface area contributed by atoms with Crippen LogP contribution < -0.4 is 0 Å². The summed E-state index contributed by atoms with van der Waals surface area (Å²) >= 11 is 0. The molecule has 0 saturated heterocycles. The number of hydrogen-bond acceptors (Lipinski definition) is 5. The molecule has 0 radical (unpaired) electrons. The largest absolute Gasteiger partial charge is 0.481 e. The fourth-order valence-corrected chi connectivity index (χ4v) is 4.77. The molecule has 1 aromatic carbocycles. The van der Waals surface area contributed by atoms with Crippen molar-refractivity contribution in [1.82, 2.24) is 0 Å². The van der Waals surface area contributed by atoms with Crippen molar-refractivity contribution in [3.8, 4) is 6.07 Å². The number of carbonyl (C=O) groups is 1. The van der Waals surface area contributed by atoms with Crippen LogP contribution in [0, 0.1) is 17.2 Å². The van der Waals surface area contributed by atoms with Gasteiger partial charge in [-0.3, -0.25) is 9.00 Å². The van der Waals surface area contributed by atoms with E-state index in [9.17, 15) is 17.4 Å². The van der Waals surface area contributed by atoms with Crippen molar-refractivity contribution in [2.24, 2.45) is 5.92 Å². The van der Waals surface area contributed by atoms with E-state index in [0.29, 0.717) is 5.56 Å². The molecule has 0 bridgehead atoms. The lowest BCUT2D eigenvalue weighted by Crippen LogP contribution is -2.22. The summed E-state index contributed by atoms with van der Waals surface area (Å²) in [6, 6.07) is 7.35. The Balaban J connectivity index is 2.66. The van der Waals surface area contributed by atoms with E-state index in [2.05, 4.69) is 0 Å². The minimum Gasteiger partial charge on any atom is -0.481 e. The van der Waals surface area contributed by atoms with E-state index in [1.54, 1.807) is 0 Å². The van der Waals surface area contributed by atoms with Gasteiger partial charge in [-0.1, -0.05) is 6.92 Å². The normalized spacial score (nSPS) is 14.1. The average Bonchev–Trinajstić information content (AvgIpc) is 2.45. The van der Waals surface area contributed by atoms with E-state index in [1.165, 1.54) is 31.2 Å². The third kappa shape index (κ3) is 5.28. The number of hydrogen-bond donors (Lipinski definition) is 1. The molecule has 1 N–H and O–H groups in total. The Kier molecular flexibility index (Phi) is 6.05. The number of aliphatic carboxylic acids is 1. The third-order valence-electron chi connectivity index (χ3n) is 2.78. The summed E-state index contributed by atoms with van der Waals surface area (Å²) in [6.07, 6.45) is 0. The van der Waals surface area contributed by atoms with Crippen LogP contribution in [0.1, 0.15) is 12.5 Å². The highest BCUT2D eigenvalue weighted by Crippen LogP contribution is 2.12. The van der Waals surface area contributed by atoms with Gasteiger partial charge in [0.25, 0.3) is 0 Å². The molecule has 0 aromatic heterocycles. The zero-order valence-electron chi connectivity index (χ0n) is 11.4. The Labute approximate surface area is 125 Å². The molecule has 21 heavy (non-hydrogen) atoms. The molecule has 2 unspecified atom stereocenters. The molecule has 1 rings (SSSR count). The molecule has 6 nitrogen and oxygen atoms in total. The van der Waals surface area contributed by atoms with Crippen LogP contribution in [0.2, 0.25) is 0 Å². The molecule has 2 atom stereocenters. The van der Waals surface area contributed by atoms with E-state index in [1.807, 2.05) is 6.07 Å². The maximum Gasteiger partial charge on any atom is 0.307 e. The summed E-state index contributed by atoms with van der Waals surface area (Å²) in [5.41, 5.74) is 0.354. The van der Waals surface area contributed by atoms with Crippen LogP contribution in [0.15, 0.2) is 29.2 Å². The second-order valence-electron chi connectivity index (χ2n) is 4.50. The predicted molar refractivity (Wildman–Crippen MR) is 77.9 cm³/mol. The number of carboxylic acid groups (broad SMARTS) is 1. The van der Waals surface area contributed by atoms with Gasteiger partial charge in [-0.25, -0.2) is 8.42 Å². The number of carboxylic acids is 1. The van der Waals surface area contributed by atoms with E-state index >= 15 is 0 Å². The molecular formula is C13H15NO5S2. The van der Waals surface area contributed by atoms with Crippen molar-refractivity contribution in [1.29, 1.82) is 5.26 Å². The molecule has 0 aliphatic heterocycles. The first kappa shape index (κ1) is 17.3. The molecule has 0 aliphatic rings. The number of nitriles is 1. The predicted octanol–water partition coefficient (Wildman–Crippen LogP) is 0.801. The third-order valence-corrected chi connectivity index (χ3v) is 6.30. The lowest BCUT2D eigenvalue weighted by Gasteiger charge is -2.07. The SMILES string of the molecule is CC(CS(=O)CCS(=O)(=O)c1ccc(C#N)cc1)C(=O)O. The Hall–Kier alpha value is -1.72. The Morgan fingerprint density at radius 2 is 1.95 bits per heavy atom. The molecule has 0 fully saturated rings. The Morgan fingerprint density at radius 1 is 1.38 bits per heavy atom. The standard InChI is InChI=1S/C13H15NO5S2/c1-10(13(15)16)9-20(17)6-7-21(18,19)12-4-2-11(8-14)3-5-12/h2-5,10H,6-7,9H2,1H3,(H,15,16). The lowest BCUT2D eigenvalue weighted by atomic mass is 10.2. The summed E-state index contributed by atoms with van der Waals surface area (Å²) < 4.78 is 35.7. The summed E-state index contributed by atoms with van der Waals surface area (Å²) in [5.74, 6) is -2.34. The molecule has 0 aliphatic carbocycles. The van der Waals surface area contributed by atoms with E-state index in [-0.39, 0.29) is 22.2 Å². The highest BCUT2D eigenvalue weighted by Gasteiger charge is 2.19. The molecule has 0 heterocycles. The quantitative estimate of drug-likeness (QED) is 0.792. The first-order chi connectivity index (χ1) is 9.76. The van der Waals surface area contributed by atoms with Crippen LogP contribution in [0.5, 0.6) is 0 Å². The maximum absolute atomic E-state index is 12.0. The fourth-order valence-electron chi connectivity index (χ4n) is 1.49. The second kappa shape index (κ2) is 7.33. The van der Waals surface area contributed by atoms with Gasteiger partial charge in [0.1, 0.15) is 0 Å². The average molecular weight is 329 g/mol. The van der Waals surface area contributed by atoms with Crippen LogP contribution in [0.4, 0.5) is 0 Å². The Morgan fingerprint density at radius 3 is 2.43 bits per heavy atom. The van der Waals surface area contributed by atoms with Crippen molar-refractivity contribution in [3.05, 3.63) is 29.8 Å². The van der Waals surface area contributed by atoms with Crippen LogP contribution in [-0.2, 0) is 25.4 Å². The summed E-state index contributed by atoms with van der Waals surface area (Å²) in [6.45, 7) is 1.43. The van der Waals surface area contributed by atoms with Gasteiger partial charge in [-0.15, -0.1) is 0 Å². The first-order valence-corrected chi connectivity index (χ1v) is 9.21. The molecule has 0 amide bonds. The first-order valence-electron chi connectivity index (χ1n) is 6.07. The van der Waals surface area contributed by atoms with Gasteiger partial charge in [0.2, 0.25) is 0 Å². The number of nitrogens with zero attached hydrogens (tertiary/aromatic N) is 1. The number of sulfone groups is 1. The zero-order chi connectivity index (χ0) is 16.0. The van der Waals surface area contributed by atoms with Gasteiger partial charge >= 0.3 is 5.97 Å². The minimum atomic E-state index is -3.59. The molecule has 0 spiro atoms. The smallest absolute Gasteiger partial charge is 0.307 e. The van der Waals surface area contributed by atoms with Crippen molar-refractivity contribution < 1.29 is 22.5 Å². The molecule has 114 valence electrons. The van der Waals surface area contributed by atoms with Gasteiger partial charge in [0.15, 0.2) is 9.84 Å².